The molecule has 0 nitrogen and oxygen atoms in total. The lowest BCUT2D eigenvalue weighted by Gasteiger charge is -2.07. The molecule has 4 aromatic carbocycles. The molecule has 4 rings (SSSR count). The fourth-order valence-corrected chi connectivity index (χ4v) is 4.71. The Hall–Kier alpha value is -2.60. The van der Waals surface area contributed by atoms with Gasteiger partial charge in [-0.15, -0.1) is 0 Å². The number of fused-ring (bicyclic) bond motifs is 2. The van der Waals surface area contributed by atoms with Crippen molar-refractivity contribution in [1.29, 1.82) is 0 Å². The maximum Gasteiger partial charge on any atom is -0.0152 e. The number of unbranched alkanes of at least 4 members (excludes halogenated alkanes) is 7. The van der Waals surface area contributed by atoms with Gasteiger partial charge in [0, 0.05) is 0 Å². The first-order valence-corrected chi connectivity index (χ1v) is 11.8. The van der Waals surface area contributed by atoms with E-state index in [2.05, 4.69) is 84.9 Å². The summed E-state index contributed by atoms with van der Waals surface area (Å²) in [7, 11) is 0. The van der Waals surface area contributed by atoms with Gasteiger partial charge in [0.1, 0.15) is 0 Å². The average Bonchev–Trinajstić information content (AvgIpc) is 2.80. The van der Waals surface area contributed by atoms with Gasteiger partial charge in [0.25, 0.3) is 0 Å². The molecule has 0 aromatic heterocycles. The van der Waals surface area contributed by atoms with E-state index in [9.17, 15) is 0 Å². The zero-order valence-corrected chi connectivity index (χ0v) is 18.2. The maximum atomic E-state index is 2.30. The summed E-state index contributed by atoms with van der Waals surface area (Å²) in [5.74, 6) is 0. The Bertz CT molecular complexity index is 962. The number of benzene rings is 4. The quantitative estimate of drug-likeness (QED) is 0.223. The van der Waals surface area contributed by atoms with Crippen molar-refractivity contribution in [2.24, 2.45) is 0 Å². The number of aryl methyl sites for hydroxylation is 2. The van der Waals surface area contributed by atoms with Crippen molar-refractivity contribution in [3.63, 3.8) is 0 Å². The van der Waals surface area contributed by atoms with E-state index < -0.39 is 0 Å². The Morgan fingerprint density at radius 1 is 0.333 bits per heavy atom. The van der Waals surface area contributed by atoms with E-state index >= 15 is 0 Å². The molecular weight excluding hydrogens is 360 g/mol. The molecule has 0 aliphatic rings. The molecule has 0 heteroatoms. The number of hydrogen-bond donors (Lipinski definition) is 0. The fourth-order valence-electron chi connectivity index (χ4n) is 4.71. The molecule has 0 unspecified atom stereocenters. The van der Waals surface area contributed by atoms with E-state index in [0.717, 1.165) is 0 Å². The fraction of sp³-hybridized carbons (Fsp3) is 0.333. The van der Waals surface area contributed by atoms with Crippen LogP contribution < -0.4 is 0 Å². The normalized spacial score (nSPS) is 11.3. The minimum Gasteiger partial charge on any atom is -0.0616 e. The van der Waals surface area contributed by atoms with Crippen LogP contribution in [0.25, 0.3) is 21.5 Å². The lowest BCUT2D eigenvalue weighted by Crippen LogP contribution is -1.89. The summed E-state index contributed by atoms with van der Waals surface area (Å²) < 4.78 is 0. The molecule has 154 valence electrons. The average molecular weight is 395 g/mol. The van der Waals surface area contributed by atoms with Gasteiger partial charge in [-0.05, 0) is 58.4 Å². The topological polar surface area (TPSA) is 0 Å². The summed E-state index contributed by atoms with van der Waals surface area (Å²) in [6.45, 7) is 0. The van der Waals surface area contributed by atoms with Crippen LogP contribution >= 0.6 is 0 Å². The molecule has 0 saturated carbocycles. The van der Waals surface area contributed by atoms with Crippen molar-refractivity contribution >= 4 is 21.5 Å². The van der Waals surface area contributed by atoms with E-state index in [-0.39, 0.29) is 0 Å². The van der Waals surface area contributed by atoms with Gasteiger partial charge in [0.2, 0.25) is 0 Å². The molecule has 0 saturated heterocycles. The molecule has 0 fully saturated rings. The summed E-state index contributed by atoms with van der Waals surface area (Å²) in [6.07, 6.45) is 13.3. The standard InChI is InChI=1S/C30H34/c1(3-5-7-15-25-19-13-21-27-17-9-11-23-29(25)27)2-4-6-8-16-26-20-14-22-28-18-10-12-24-30(26)28/h9-14,17-24H,1-8,15-16H2. The highest BCUT2D eigenvalue weighted by atomic mass is 14.1. The second kappa shape index (κ2) is 11.0. The van der Waals surface area contributed by atoms with Crippen molar-refractivity contribution in [3.05, 3.63) is 96.1 Å². The van der Waals surface area contributed by atoms with Gasteiger partial charge < -0.3 is 0 Å². The van der Waals surface area contributed by atoms with Gasteiger partial charge >= 0.3 is 0 Å². The minimum absolute atomic E-state index is 1.21. The molecule has 0 bridgehead atoms. The number of hydrogen-bond acceptors (Lipinski definition) is 0. The van der Waals surface area contributed by atoms with Crippen LogP contribution in [0.5, 0.6) is 0 Å². The molecule has 4 aromatic rings. The first-order chi connectivity index (χ1) is 14.9. The van der Waals surface area contributed by atoms with Crippen LogP contribution in [0.3, 0.4) is 0 Å². The Balaban J connectivity index is 1.08. The highest BCUT2D eigenvalue weighted by Crippen LogP contribution is 2.22. The first-order valence-electron chi connectivity index (χ1n) is 11.8. The van der Waals surface area contributed by atoms with Crippen molar-refractivity contribution in [1.82, 2.24) is 0 Å². The molecular formula is C30H34. The van der Waals surface area contributed by atoms with Crippen LogP contribution in [0.2, 0.25) is 0 Å². The number of rotatable bonds is 11. The van der Waals surface area contributed by atoms with E-state index in [1.54, 1.807) is 0 Å². The van der Waals surface area contributed by atoms with Gasteiger partial charge in [0.05, 0.1) is 0 Å². The third-order valence-corrected chi connectivity index (χ3v) is 6.40. The van der Waals surface area contributed by atoms with Crippen molar-refractivity contribution in [2.45, 2.75) is 64.2 Å². The first kappa shape index (κ1) is 20.7. The molecule has 0 aliphatic heterocycles. The smallest absolute Gasteiger partial charge is 0.0152 e. The molecule has 0 amide bonds. The predicted molar refractivity (Wildman–Crippen MR) is 132 cm³/mol. The van der Waals surface area contributed by atoms with Crippen LogP contribution in [-0.4, -0.2) is 0 Å². The Morgan fingerprint density at radius 3 is 1.17 bits per heavy atom. The van der Waals surface area contributed by atoms with Crippen LogP contribution in [0.15, 0.2) is 84.9 Å². The highest BCUT2D eigenvalue weighted by molar-refractivity contribution is 5.86. The van der Waals surface area contributed by atoms with Crippen LogP contribution in [0.1, 0.15) is 62.5 Å². The molecule has 0 aliphatic carbocycles. The van der Waals surface area contributed by atoms with Gasteiger partial charge in [-0.25, -0.2) is 0 Å². The Labute approximate surface area is 182 Å². The zero-order valence-electron chi connectivity index (χ0n) is 18.2. The zero-order chi connectivity index (χ0) is 20.4. The second-order valence-corrected chi connectivity index (χ2v) is 8.60. The molecule has 0 radical (unpaired) electrons. The second-order valence-electron chi connectivity index (χ2n) is 8.60. The van der Waals surface area contributed by atoms with Crippen molar-refractivity contribution in [3.8, 4) is 0 Å². The van der Waals surface area contributed by atoms with Crippen LogP contribution in [0.4, 0.5) is 0 Å². The summed E-state index contributed by atoms with van der Waals surface area (Å²) in [6, 6.07) is 31.0. The highest BCUT2D eigenvalue weighted by Gasteiger charge is 2.02. The Morgan fingerprint density at radius 2 is 0.700 bits per heavy atom. The lowest BCUT2D eigenvalue weighted by molar-refractivity contribution is 0.568. The van der Waals surface area contributed by atoms with E-state index in [1.807, 2.05) is 0 Å². The third-order valence-electron chi connectivity index (χ3n) is 6.40. The SMILES string of the molecule is c1ccc2c(CCCCCCCCCCc3cccc4ccccc34)cccc2c1. The molecule has 30 heavy (non-hydrogen) atoms. The van der Waals surface area contributed by atoms with E-state index in [1.165, 1.54) is 96.9 Å². The van der Waals surface area contributed by atoms with Gasteiger partial charge in [0.15, 0.2) is 0 Å². The van der Waals surface area contributed by atoms with Crippen molar-refractivity contribution < 1.29 is 0 Å². The summed E-state index contributed by atoms with van der Waals surface area (Å²) in [5.41, 5.74) is 3.03. The lowest BCUT2D eigenvalue weighted by atomic mass is 9.98. The van der Waals surface area contributed by atoms with E-state index in [0.29, 0.717) is 0 Å². The summed E-state index contributed by atoms with van der Waals surface area (Å²) >= 11 is 0. The largest absolute Gasteiger partial charge is 0.0616 e. The van der Waals surface area contributed by atoms with E-state index in [4.69, 9.17) is 0 Å². The monoisotopic (exact) mass is 394 g/mol. The molecule has 0 spiro atoms. The summed E-state index contributed by atoms with van der Waals surface area (Å²) in [4.78, 5) is 0. The molecule has 0 atom stereocenters. The predicted octanol–water partition coefficient (Wildman–Crippen LogP) is 8.90. The minimum atomic E-state index is 1.21. The third kappa shape index (κ3) is 5.51. The van der Waals surface area contributed by atoms with Gasteiger partial charge in [-0.3, -0.25) is 0 Å². The molecule has 0 N–H and O–H groups in total. The van der Waals surface area contributed by atoms with Crippen molar-refractivity contribution in [2.75, 3.05) is 0 Å². The Kier molecular flexibility index (Phi) is 7.56. The maximum absolute atomic E-state index is 2.30. The van der Waals surface area contributed by atoms with Crippen LogP contribution in [-0.2, 0) is 12.8 Å². The molecule has 0 heterocycles. The summed E-state index contributed by atoms with van der Waals surface area (Å²) in [5, 5.41) is 5.62. The van der Waals surface area contributed by atoms with Gasteiger partial charge in [-0.1, -0.05) is 123 Å². The van der Waals surface area contributed by atoms with Crippen LogP contribution in [0, 0.1) is 0 Å². The van der Waals surface area contributed by atoms with Gasteiger partial charge in [-0.2, -0.15) is 0 Å².